The first-order valence-electron chi connectivity index (χ1n) is 17.1. The Morgan fingerprint density at radius 3 is 1.37 bits per heavy atom. The van der Waals surface area contributed by atoms with Gasteiger partial charge >= 0.3 is 12.1 Å². The van der Waals surface area contributed by atoms with Crippen LogP contribution in [0.5, 0.6) is 0 Å². The summed E-state index contributed by atoms with van der Waals surface area (Å²) in [6.45, 7) is 14.9. The van der Waals surface area contributed by atoms with Crippen molar-refractivity contribution in [2.45, 2.75) is 97.5 Å². The Labute approximate surface area is 316 Å². The lowest BCUT2D eigenvalue weighted by molar-refractivity contribution is -0.149. The Bertz CT molecular complexity index is 1780. The van der Waals surface area contributed by atoms with E-state index in [2.05, 4.69) is 31.9 Å². The van der Waals surface area contributed by atoms with Crippen LogP contribution >= 0.6 is 0 Å². The molecule has 0 aliphatic rings. The van der Waals surface area contributed by atoms with Gasteiger partial charge in [-0.25, -0.2) is 9.59 Å². The number of esters is 1. The van der Waals surface area contributed by atoms with E-state index in [4.69, 9.17) is 9.47 Å². The minimum atomic E-state index is -1.70. The van der Waals surface area contributed by atoms with Gasteiger partial charge in [0.15, 0.2) is 0 Å². The molecule has 0 spiro atoms. The predicted octanol–water partition coefficient (Wildman–Crippen LogP) is 3.07. The van der Waals surface area contributed by atoms with Crippen molar-refractivity contribution in [3.63, 3.8) is 0 Å². The van der Waals surface area contributed by atoms with E-state index in [1.165, 1.54) is 67.7 Å². The molecular formula is C39H52N6O9. The van der Waals surface area contributed by atoms with Crippen molar-refractivity contribution in [3.8, 4) is 0 Å². The number of nitrogens with one attached hydrogen (secondary N) is 6. The summed E-state index contributed by atoms with van der Waals surface area (Å²) in [5.74, 6) is -4.70. The molecule has 0 aromatic heterocycles. The molecule has 0 radical (unpaired) electrons. The Hall–Kier alpha value is -5.99. The van der Waals surface area contributed by atoms with Crippen molar-refractivity contribution in [3.05, 3.63) is 83.2 Å². The molecule has 292 valence electrons. The summed E-state index contributed by atoms with van der Waals surface area (Å²) in [7, 11) is 1.18. The number of rotatable bonds is 14. The molecular weight excluding hydrogens is 696 g/mol. The molecule has 2 rings (SSSR count). The lowest BCUT2D eigenvalue weighted by Gasteiger charge is -2.29. The zero-order valence-corrected chi connectivity index (χ0v) is 32.7. The average Bonchev–Trinajstić information content (AvgIpc) is 3.06. The Morgan fingerprint density at radius 2 is 0.981 bits per heavy atom. The first-order valence-corrected chi connectivity index (χ1v) is 17.1. The minimum absolute atomic E-state index is 0.230. The second-order valence-electron chi connectivity index (χ2n) is 15.0. The maximum Gasteiger partial charge on any atom is 0.408 e. The van der Waals surface area contributed by atoms with E-state index in [0.717, 1.165) is 0 Å². The molecule has 0 aliphatic heterocycles. The van der Waals surface area contributed by atoms with Crippen molar-refractivity contribution >= 4 is 53.8 Å². The van der Waals surface area contributed by atoms with Crippen LogP contribution in [-0.4, -0.2) is 77.0 Å². The molecule has 0 unspecified atom stereocenters. The smallest absolute Gasteiger partial charge is 0.408 e. The van der Waals surface area contributed by atoms with Crippen LogP contribution in [0, 0.1) is 0 Å². The number of carbonyl (C=O) groups excluding carboxylic acids is 7. The molecule has 0 saturated heterocycles. The summed E-state index contributed by atoms with van der Waals surface area (Å²) in [5.41, 5.74) is -4.97. The third kappa shape index (κ3) is 13.9. The highest BCUT2D eigenvalue weighted by Gasteiger charge is 2.37. The van der Waals surface area contributed by atoms with E-state index in [0.29, 0.717) is 11.1 Å². The van der Waals surface area contributed by atoms with Gasteiger partial charge in [0.1, 0.15) is 39.7 Å². The summed E-state index contributed by atoms with van der Waals surface area (Å²) in [6.07, 6.45) is 1.96. The van der Waals surface area contributed by atoms with Crippen LogP contribution < -0.4 is 31.9 Å². The molecule has 6 amide bonds. The number of hydrogen-bond donors (Lipinski definition) is 6. The van der Waals surface area contributed by atoms with Gasteiger partial charge in [-0.15, -0.1) is 0 Å². The second-order valence-corrected chi connectivity index (χ2v) is 15.0. The SMILES string of the molecule is COC(=O)C(C)(C)NC(=O)/C(=C\c1ccccc1)NC(=O)C(C)(C)NC(=O)/C(=C\c1ccccc1)NC(=O)C(C)(C)NC(=O)[C@H](C)NC(=O)OC(C)(C)C. The highest BCUT2D eigenvalue weighted by atomic mass is 16.6. The fourth-order valence-electron chi connectivity index (χ4n) is 4.39. The second kappa shape index (κ2) is 18.2. The average molecular weight is 749 g/mol. The zero-order valence-electron chi connectivity index (χ0n) is 32.7. The number of ether oxygens (including phenoxy) is 2. The third-order valence-electron chi connectivity index (χ3n) is 7.45. The van der Waals surface area contributed by atoms with Crippen LogP contribution in [0.3, 0.4) is 0 Å². The number of alkyl carbamates (subject to hydrolysis) is 1. The van der Waals surface area contributed by atoms with E-state index in [9.17, 15) is 33.6 Å². The lowest BCUT2D eigenvalue weighted by atomic mass is 10.0. The first kappa shape index (κ1) is 44.2. The molecule has 15 nitrogen and oxygen atoms in total. The number of benzene rings is 2. The van der Waals surface area contributed by atoms with Crippen molar-refractivity contribution < 1.29 is 43.0 Å². The predicted molar refractivity (Wildman–Crippen MR) is 203 cm³/mol. The molecule has 2 aromatic carbocycles. The molecule has 6 N–H and O–H groups in total. The van der Waals surface area contributed by atoms with E-state index < -0.39 is 69.9 Å². The van der Waals surface area contributed by atoms with Crippen molar-refractivity contribution in [2.75, 3.05) is 7.11 Å². The maximum atomic E-state index is 13.8. The summed E-state index contributed by atoms with van der Waals surface area (Å²) < 4.78 is 9.97. The van der Waals surface area contributed by atoms with Gasteiger partial charge in [-0.1, -0.05) is 60.7 Å². The first-order chi connectivity index (χ1) is 24.9. The fraction of sp³-hybridized carbons (Fsp3) is 0.410. The fourth-order valence-corrected chi connectivity index (χ4v) is 4.39. The highest BCUT2D eigenvalue weighted by Crippen LogP contribution is 2.14. The van der Waals surface area contributed by atoms with Gasteiger partial charge in [-0.3, -0.25) is 24.0 Å². The number of amides is 6. The van der Waals surface area contributed by atoms with Crippen molar-refractivity contribution in [1.82, 2.24) is 31.9 Å². The zero-order chi connectivity index (χ0) is 41.1. The molecule has 0 saturated carbocycles. The van der Waals surface area contributed by atoms with Gasteiger partial charge in [0.2, 0.25) is 17.7 Å². The highest BCUT2D eigenvalue weighted by molar-refractivity contribution is 6.08. The largest absolute Gasteiger partial charge is 0.467 e. The molecule has 2 aromatic rings. The van der Waals surface area contributed by atoms with Gasteiger partial charge in [0.25, 0.3) is 11.8 Å². The lowest BCUT2D eigenvalue weighted by Crippen LogP contribution is -2.60. The number of carbonyl (C=O) groups is 7. The van der Waals surface area contributed by atoms with Gasteiger partial charge in [0.05, 0.1) is 7.11 Å². The normalized spacial score (nSPS) is 13.0. The number of hydrogen-bond acceptors (Lipinski definition) is 9. The summed E-state index contributed by atoms with van der Waals surface area (Å²) >= 11 is 0. The molecule has 1 atom stereocenters. The van der Waals surface area contributed by atoms with Crippen LogP contribution in [0.1, 0.15) is 80.4 Å². The summed E-state index contributed by atoms with van der Waals surface area (Å²) in [4.78, 5) is 92.0. The molecule has 0 bridgehead atoms. The van der Waals surface area contributed by atoms with Gasteiger partial charge in [-0.2, -0.15) is 0 Å². The van der Waals surface area contributed by atoms with Gasteiger partial charge in [0, 0.05) is 0 Å². The number of methoxy groups -OCH3 is 1. The molecule has 0 aliphatic carbocycles. The van der Waals surface area contributed by atoms with E-state index in [1.54, 1.807) is 81.4 Å². The summed E-state index contributed by atoms with van der Waals surface area (Å²) in [5, 5.41) is 15.2. The van der Waals surface area contributed by atoms with E-state index >= 15 is 0 Å². The van der Waals surface area contributed by atoms with E-state index in [-0.39, 0.29) is 11.4 Å². The topological polar surface area (TPSA) is 210 Å². The molecule has 0 heterocycles. The third-order valence-corrected chi connectivity index (χ3v) is 7.45. The Kier molecular flexibility index (Phi) is 14.9. The minimum Gasteiger partial charge on any atom is -0.467 e. The van der Waals surface area contributed by atoms with Crippen LogP contribution in [0.15, 0.2) is 72.1 Å². The van der Waals surface area contributed by atoms with Crippen LogP contribution in [0.25, 0.3) is 12.2 Å². The van der Waals surface area contributed by atoms with Crippen LogP contribution in [0.4, 0.5) is 4.79 Å². The monoisotopic (exact) mass is 748 g/mol. The van der Waals surface area contributed by atoms with Crippen LogP contribution in [0.2, 0.25) is 0 Å². The maximum absolute atomic E-state index is 13.8. The van der Waals surface area contributed by atoms with Gasteiger partial charge < -0.3 is 41.4 Å². The van der Waals surface area contributed by atoms with Gasteiger partial charge in [-0.05, 0) is 92.5 Å². The standard InChI is InChI=1S/C39H52N6O9/c1-24(40-35(52)54-36(2,3)4)29(46)43-37(5,6)32(49)41-27(22-25-18-14-12-15-19-25)30(47)44-38(7,8)33(50)42-28(23-26-20-16-13-17-21-26)31(48)45-39(9,10)34(51)53-11/h12-24H,1-11H3,(H,40,52)(H,41,49)(H,42,50)(H,43,46)(H,44,47)(H,45,48)/b27-22+,28-23+/t24-/m0/s1. The Balaban J connectivity index is 2.34. The van der Waals surface area contributed by atoms with Crippen molar-refractivity contribution in [1.29, 1.82) is 0 Å². The quantitative estimate of drug-likeness (QED) is 0.124. The Morgan fingerprint density at radius 1 is 0.593 bits per heavy atom. The molecule has 15 heteroatoms. The molecule has 0 fully saturated rings. The van der Waals surface area contributed by atoms with Crippen molar-refractivity contribution in [2.24, 2.45) is 0 Å². The van der Waals surface area contributed by atoms with Crippen LogP contribution in [-0.2, 0) is 38.2 Å². The van der Waals surface area contributed by atoms with E-state index in [1.807, 2.05) is 0 Å². The molecule has 54 heavy (non-hydrogen) atoms. The summed E-state index contributed by atoms with van der Waals surface area (Å²) in [6, 6.07) is 16.1.